The average Bonchev–Trinajstić information content (AvgIpc) is 3.38. The molecule has 2 aliphatic heterocycles. The van der Waals surface area contributed by atoms with Gasteiger partial charge in [0.15, 0.2) is 0 Å². The molecule has 6 nitrogen and oxygen atoms in total. The van der Waals surface area contributed by atoms with Crippen molar-refractivity contribution in [3.63, 3.8) is 0 Å². The van der Waals surface area contributed by atoms with Crippen LogP contribution in [0.5, 0.6) is 0 Å². The van der Waals surface area contributed by atoms with E-state index in [2.05, 4.69) is 15.0 Å². The summed E-state index contributed by atoms with van der Waals surface area (Å²) in [5, 5.41) is 5.53. The first-order valence-electron chi connectivity index (χ1n) is 8.16. The standard InChI is InChI=1S/C15H16F4N4O2S/c16-9-5-10(23-4-3-20-7-12(23)15(17,18)19)13-11(6-9)26(24,25)22-14(21-13)8-1-2-8/h5-6,8,12,20H,1-4,7H2,(H,21,22)/t12-/m0/s1. The lowest BCUT2D eigenvalue weighted by Crippen LogP contribution is -2.58. The molecule has 1 saturated carbocycles. The Balaban J connectivity index is 1.85. The molecule has 2 N–H and O–H groups in total. The van der Waals surface area contributed by atoms with Crippen molar-refractivity contribution >= 4 is 27.2 Å². The van der Waals surface area contributed by atoms with Crippen molar-refractivity contribution in [1.29, 1.82) is 0 Å². The fourth-order valence-electron chi connectivity index (χ4n) is 3.27. The lowest BCUT2D eigenvalue weighted by molar-refractivity contribution is -0.149. The van der Waals surface area contributed by atoms with E-state index in [1.165, 1.54) is 0 Å². The molecule has 1 aliphatic carbocycles. The summed E-state index contributed by atoms with van der Waals surface area (Å²) < 4.78 is 82.9. The second kappa shape index (κ2) is 5.81. The molecule has 2 heterocycles. The molecule has 1 saturated heterocycles. The fourth-order valence-corrected chi connectivity index (χ4v) is 4.50. The first-order valence-corrected chi connectivity index (χ1v) is 9.60. The first-order chi connectivity index (χ1) is 12.2. The largest absolute Gasteiger partial charge is 0.409 e. The second-order valence-electron chi connectivity index (χ2n) is 6.60. The van der Waals surface area contributed by atoms with Gasteiger partial charge in [-0.2, -0.15) is 21.6 Å². The minimum Gasteiger partial charge on any atom is -0.356 e. The van der Waals surface area contributed by atoms with E-state index in [-0.39, 0.29) is 42.8 Å². The Bertz CT molecular complexity index is 880. The van der Waals surface area contributed by atoms with Crippen LogP contribution in [0.15, 0.2) is 21.4 Å². The molecule has 4 rings (SSSR count). The summed E-state index contributed by atoms with van der Waals surface area (Å²) in [6, 6.07) is -0.143. The zero-order valence-electron chi connectivity index (χ0n) is 13.5. The van der Waals surface area contributed by atoms with Crippen LogP contribution in [-0.4, -0.2) is 46.1 Å². The van der Waals surface area contributed by atoms with Crippen LogP contribution >= 0.6 is 0 Å². The molecule has 11 heteroatoms. The summed E-state index contributed by atoms with van der Waals surface area (Å²) in [5.41, 5.74) is -0.139. The van der Waals surface area contributed by atoms with Crippen LogP contribution in [0.2, 0.25) is 0 Å². The summed E-state index contributed by atoms with van der Waals surface area (Å²) in [7, 11) is -4.17. The third-order valence-corrected chi connectivity index (χ3v) is 6.01. The SMILES string of the molecule is O=S1(=O)N=C(C2CC2)Nc2c(N3CCNC[C@H]3C(F)(F)F)cc(F)cc21. The van der Waals surface area contributed by atoms with E-state index in [1.807, 2.05) is 0 Å². The maximum Gasteiger partial charge on any atom is 0.409 e. The summed E-state index contributed by atoms with van der Waals surface area (Å²) >= 11 is 0. The van der Waals surface area contributed by atoms with E-state index in [0.717, 1.165) is 29.9 Å². The first kappa shape index (κ1) is 17.5. The van der Waals surface area contributed by atoms with Crippen LogP contribution < -0.4 is 15.5 Å². The number of fused-ring (bicyclic) bond motifs is 1. The van der Waals surface area contributed by atoms with Crippen molar-refractivity contribution in [3.05, 3.63) is 17.9 Å². The molecule has 1 aromatic rings. The van der Waals surface area contributed by atoms with Crippen LogP contribution in [0.3, 0.4) is 0 Å². The van der Waals surface area contributed by atoms with Gasteiger partial charge < -0.3 is 15.5 Å². The molecule has 0 spiro atoms. The fraction of sp³-hybridized carbons (Fsp3) is 0.533. The van der Waals surface area contributed by atoms with Crippen molar-refractivity contribution in [3.8, 4) is 0 Å². The topological polar surface area (TPSA) is 73.8 Å². The van der Waals surface area contributed by atoms with Crippen molar-refractivity contribution in [2.24, 2.45) is 10.3 Å². The van der Waals surface area contributed by atoms with E-state index in [9.17, 15) is 26.0 Å². The quantitative estimate of drug-likeness (QED) is 0.754. The van der Waals surface area contributed by atoms with Crippen LogP contribution in [0, 0.1) is 11.7 Å². The summed E-state index contributed by atoms with van der Waals surface area (Å²) in [6.45, 7) is -0.114. The maximum atomic E-state index is 14.1. The smallest absolute Gasteiger partial charge is 0.356 e. The molecule has 0 radical (unpaired) electrons. The minimum absolute atomic E-state index is 0.0283. The molecule has 26 heavy (non-hydrogen) atoms. The van der Waals surface area contributed by atoms with Gasteiger partial charge in [0, 0.05) is 25.6 Å². The van der Waals surface area contributed by atoms with Crippen LogP contribution in [0.25, 0.3) is 0 Å². The average molecular weight is 392 g/mol. The molecule has 0 amide bonds. The molecule has 142 valence electrons. The number of nitrogens with one attached hydrogen (secondary N) is 2. The highest BCUT2D eigenvalue weighted by atomic mass is 32.2. The summed E-state index contributed by atoms with van der Waals surface area (Å²) in [5.74, 6) is -0.769. The Morgan fingerprint density at radius 1 is 1.23 bits per heavy atom. The number of rotatable bonds is 2. The van der Waals surface area contributed by atoms with Crippen LogP contribution in [0.1, 0.15) is 12.8 Å². The number of benzene rings is 1. The Kier molecular flexibility index (Phi) is 3.92. The van der Waals surface area contributed by atoms with Gasteiger partial charge in [-0.15, -0.1) is 4.40 Å². The number of piperazine rings is 1. The van der Waals surface area contributed by atoms with Gasteiger partial charge >= 0.3 is 6.18 Å². The Morgan fingerprint density at radius 2 is 1.96 bits per heavy atom. The van der Waals surface area contributed by atoms with E-state index in [4.69, 9.17) is 0 Å². The number of nitrogens with zero attached hydrogens (tertiary/aromatic N) is 2. The maximum absolute atomic E-state index is 14.1. The highest BCUT2D eigenvalue weighted by Crippen LogP contribution is 2.43. The molecule has 3 aliphatic rings. The van der Waals surface area contributed by atoms with Crippen LogP contribution in [-0.2, 0) is 10.0 Å². The van der Waals surface area contributed by atoms with Gasteiger partial charge in [0.1, 0.15) is 22.6 Å². The molecule has 1 atom stereocenters. The minimum atomic E-state index is -4.55. The van der Waals surface area contributed by atoms with Crippen molar-refractivity contribution in [2.75, 3.05) is 29.9 Å². The highest BCUT2D eigenvalue weighted by molar-refractivity contribution is 7.90. The van der Waals surface area contributed by atoms with E-state index in [0.29, 0.717) is 0 Å². The van der Waals surface area contributed by atoms with Gasteiger partial charge in [-0.05, 0) is 25.0 Å². The molecule has 0 bridgehead atoms. The highest BCUT2D eigenvalue weighted by Gasteiger charge is 2.46. The van der Waals surface area contributed by atoms with E-state index < -0.39 is 33.0 Å². The normalized spacial score (nSPS) is 25.3. The van der Waals surface area contributed by atoms with Crippen molar-refractivity contribution in [1.82, 2.24) is 5.32 Å². The third kappa shape index (κ3) is 3.02. The number of anilines is 2. The monoisotopic (exact) mass is 392 g/mol. The zero-order valence-corrected chi connectivity index (χ0v) is 14.3. The van der Waals surface area contributed by atoms with Gasteiger partial charge in [0.25, 0.3) is 10.0 Å². The number of alkyl halides is 3. The summed E-state index contributed by atoms with van der Waals surface area (Å²) in [4.78, 5) is 0.577. The zero-order chi connectivity index (χ0) is 18.7. The lowest BCUT2D eigenvalue weighted by atomic mass is 10.1. The molecule has 0 aromatic heterocycles. The predicted octanol–water partition coefficient (Wildman–Crippen LogP) is 2.09. The van der Waals surface area contributed by atoms with Gasteiger partial charge in [0.05, 0.1) is 11.4 Å². The van der Waals surface area contributed by atoms with Crippen molar-refractivity contribution in [2.45, 2.75) is 30.0 Å². The lowest BCUT2D eigenvalue weighted by Gasteiger charge is -2.40. The number of hydrogen-bond donors (Lipinski definition) is 2. The van der Waals surface area contributed by atoms with Crippen LogP contribution in [0.4, 0.5) is 28.9 Å². The molecular formula is C15H16F4N4O2S. The van der Waals surface area contributed by atoms with Crippen molar-refractivity contribution < 1.29 is 26.0 Å². The Hall–Kier alpha value is -1.88. The van der Waals surface area contributed by atoms with E-state index >= 15 is 0 Å². The number of sulfonamides is 1. The molecule has 1 aromatic carbocycles. The van der Waals surface area contributed by atoms with Gasteiger partial charge in [-0.3, -0.25) is 0 Å². The Morgan fingerprint density at radius 3 is 2.62 bits per heavy atom. The predicted molar refractivity (Wildman–Crippen MR) is 87.4 cm³/mol. The number of halogens is 4. The molecule has 0 unspecified atom stereocenters. The summed E-state index contributed by atoms with van der Waals surface area (Å²) in [6.07, 6.45) is -3.04. The number of amidine groups is 1. The second-order valence-corrected chi connectivity index (χ2v) is 8.18. The van der Waals surface area contributed by atoms with Gasteiger partial charge in [-0.25, -0.2) is 4.39 Å². The molecule has 2 fully saturated rings. The number of hydrogen-bond acceptors (Lipinski definition) is 5. The third-order valence-electron chi connectivity index (χ3n) is 4.69. The Labute approximate surface area is 147 Å². The van der Waals surface area contributed by atoms with Gasteiger partial charge in [-0.1, -0.05) is 0 Å². The van der Waals surface area contributed by atoms with Gasteiger partial charge in [0.2, 0.25) is 0 Å². The molecular weight excluding hydrogens is 376 g/mol. The van der Waals surface area contributed by atoms with E-state index in [1.54, 1.807) is 0 Å².